The highest BCUT2D eigenvalue weighted by Crippen LogP contribution is 2.17. The van der Waals surface area contributed by atoms with Crippen molar-refractivity contribution in [2.45, 2.75) is 19.6 Å². The fourth-order valence-electron chi connectivity index (χ4n) is 2.84. The average Bonchev–Trinajstić information content (AvgIpc) is 3.31. The second-order valence-corrected chi connectivity index (χ2v) is 5.98. The van der Waals surface area contributed by atoms with Crippen LogP contribution in [0.5, 0.6) is 5.75 Å². The van der Waals surface area contributed by atoms with E-state index in [9.17, 15) is 0 Å². The zero-order valence-corrected chi connectivity index (χ0v) is 14.3. The van der Waals surface area contributed by atoms with Gasteiger partial charge in [-0.1, -0.05) is 36.4 Å². The van der Waals surface area contributed by atoms with Gasteiger partial charge in [-0.2, -0.15) is 0 Å². The zero-order valence-electron chi connectivity index (χ0n) is 14.3. The maximum atomic E-state index is 5.60. The number of hydrogen-bond donors (Lipinski definition) is 2. The second-order valence-electron chi connectivity index (χ2n) is 5.98. The number of hydrogen-bond acceptors (Lipinski definition) is 5. The molecule has 2 aromatic heterocycles. The molecule has 0 bridgehead atoms. The molecule has 2 aromatic carbocycles. The van der Waals surface area contributed by atoms with Crippen LogP contribution in [0.25, 0.3) is 10.9 Å². The van der Waals surface area contributed by atoms with Crippen molar-refractivity contribution in [3.63, 3.8) is 0 Å². The topological polar surface area (TPSA) is 76.0 Å². The summed E-state index contributed by atoms with van der Waals surface area (Å²) in [5, 5.41) is 12.7. The van der Waals surface area contributed by atoms with Gasteiger partial charge in [0.25, 0.3) is 5.89 Å². The number of rotatable bonds is 8. The van der Waals surface area contributed by atoms with Crippen molar-refractivity contribution >= 4 is 10.9 Å². The Hall–Kier alpha value is -3.12. The molecule has 2 heterocycles. The van der Waals surface area contributed by atoms with Gasteiger partial charge in [0.2, 0.25) is 5.89 Å². The minimum Gasteiger partial charge on any atom is -0.484 e. The van der Waals surface area contributed by atoms with Crippen molar-refractivity contribution in [1.82, 2.24) is 20.5 Å². The minimum atomic E-state index is 0.270. The van der Waals surface area contributed by atoms with Crippen LogP contribution in [0.3, 0.4) is 0 Å². The lowest BCUT2D eigenvalue weighted by Gasteiger charge is -2.02. The molecule has 6 nitrogen and oxygen atoms in total. The van der Waals surface area contributed by atoms with Crippen LogP contribution in [-0.4, -0.2) is 21.7 Å². The Bertz CT molecular complexity index is 962. The lowest BCUT2D eigenvalue weighted by Crippen LogP contribution is -2.16. The fourth-order valence-corrected chi connectivity index (χ4v) is 2.84. The van der Waals surface area contributed by atoms with E-state index in [1.165, 1.54) is 16.5 Å². The van der Waals surface area contributed by atoms with E-state index < -0.39 is 0 Å². The van der Waals surface area contributed by atoms with Crippen molar-refractivity contribution in [2.24, 2.45) is 0 Å². The van der Waals surface area contributed by atoms with Gasteiger partial charge < -0.3 is 19.5 Å². The number of fused-ring (bicyclic) bond motifs is 1. The molecule has 0 aliphatic heterocycles. The Labute approximate surface area is 151 Å². The van der Waals surface area contributed by atoms with E-state index in [-0.39, 0.29) is 6.61 Å². The molecule has 2 N–H and O–H groups in total. The third kappa shape index (κ3) is 3.92. The van der Waals surface area contributed by atoms with Gasteiger partial charge in [0.15, 0.2) is 6.61 Å². The van der Waals surface area contributed by atoms with Gasteiger partial charge in [-0.3, -0.25) is 0 Å². The van der Waals surface area contributed by atoms with Crippen molar-refractivity contribution in [3.8, 4) is 5.75 Å². The van der Waals surface area contributed by atoms with Crippen molar-refractivity contribution in [2.75, 3.05) is 6.54 Å². The maximum absolute atomic E-state index is 5.60. The molecule has 6 heteroatoms. The molecular weight excluding hydrogens is 328 g/mol. The van der Waals surface area contributed by atoms with Gasteiger partial charge in [-0.05, 0) is 36.7 Å². The molecule has 0 aliphatic carbocycles. The molecule has 4 rings (SSSR count). The molecule has 0 saturated carbocycles. The number of para-hydroxylation sites is 2. The normalized spacial score (nSPS) is 11.1. The summed E-state index contributed by atoms with van der Waals surface area (Å²) in [5.74, 6) is 1.82. The number of ether oxygens (including phenoxy) is 1. The highest BCUT2D eigenvalue weighted by Gasteiger charge is 2.07. The Kier molecular flexibility index (Phi) is 4.93. The fraction of sp³-hybridized carbons (Fsp3) is 0.200. The van der Waals surface area contributed by atoms with Gasteiger partial charge in [-0.15, -0.1) is 10.2 Å². The number of nitrogens with one attached hydrogen (secondary N) is 2. The van der Waals surface area contributed by atoms with E-state index in [0.717, 1.165) is 18.7 Å². The Balaban J connectivity index is 1.23. The van der Waals surface area contributed by atoms with Crippen LogP contribution < -0.4 is 10.1 Å². The summed E-state index contributed by atoms with van der Waals surface area (Å²) in [6.07, 6.45) is 3.00. The maximum Gasteiger partial charge on any atom is 0.253 e. The third-order valence-corrected chi connectivity index (χ3v) is 4.14. The van der Waals surface area contributed by atoms with Crippen LogP contribution in [0.2, 0.25) is 0 Å². The van der Waals surface area contributed by atoms with E-state index in [1.54, 1.807) is 0 Å². The molecule has 0 unspecified atom stereocenters. The number of benzene rings is 2. The monoisotopic (exact) mass is 348 g/mol. The number of H-pyrrole nitrogens is 1. The molecule has 26 heavy (non-hydrogen) atoms. The Morgan fingerprint density at radius 3 is 2.69 bits per heavy atom. The number of aromatic amines is 1. The van der Waals surface area contributed by atoms with Crippen molar-refractivity contribution in [1.29, 1.82) is 0 Å². The van der Waals surface area contributed by atoms with Crippen LogP contribution in [-0.2, 0) is 19.6 Å². The predicted octanol–water partition coefficient (Wildman–Crippen LogP) is 3.46. The van der Waals surface area contributed by atoms with E-state index in [0.29, 0.717) is 18.3 Å². The standard InChI is InChI=1S/C20H20N4O2/c1-2-6-16(7-3-1)25-14-20-24-23-19(26-20)13-21-11-10-15-12-22-18-9-5-4-8-17(15)18/h1-9,12,21-22H,10-11,13-14H2. The Morgan fingerprint density at radius 1 is 0.962 bits per heavy atom. The summed E-state index contributed by atoms with van der Waals surface area (Å²) in [7, 11) is 0. The first-order chi connectivity index (χ1) is 12.9. The first-order valence-corrected chi connectivity index (χ1v) is 8.63. The molecule has 0 aliphatic rings. The molecule has 132 valence electrons. The molecule has 0 amide bonds. The van der Waals surface area contributed by atoms with Crippen molar-refractivity contribution in [3.05, 3.63) is 78.1 Å². The van der Waals surface area contributed by atoms with E-state index >= 15 is 0 Å². The van der Waals surface area contributed by atoms with E-state index in [4.69, 9.17) is 9.15 Å². The van der Waals surface area contributed by atoms with Gasteiger partial charge in [0.1, 0.15) is 5.75 Å². The van der Waals surface area contributed by atoms with Gasteiger partial charge in [0.05, 0.1) is 6.54 Å². The largest absolute Gasteiger partial charge is 0.484 e. The number of aromatic nitrogens is 3. The molecular formula is C20H20N4O2. The molecule has 0 saturated heterocycles. The minimum absolute atomic E-state index is 0.270. The lowest BCUT2D eigenvalue weighted by molar-refractivity contribution is 0.258. The summed E-state index contributed by atoms with van der Waals surface area (Å²) in [4.78, 5) is 3.30. The van der Waals surface area contributed by atoms with E-state index in [1.807, 2.05) is 36.4 Å². The molecule has 0 spiro atoms. The highest BCUT2D eigenvalue weighted by molar-refractivity contribution is 5.83. The van der Waals surface area contributed by atoms with Crippen LogP contribution in [0.15, 0.2) is 65.2 Å². The first kappa shape index (κ1) is 16.4. The van der Waals surface area contributed by atoms with Gasteiger partial charge >= 0.3 is 0 Å². The quantitative estimate of drug-likeness (QED) is 0.477. The first-order valence-electron chi connectivity index (χ1n) is 8.63. The van der Waals surface area contributed by atoms with Crippen LogP contribution in [0, 0.1) is 0 Å². The van der Waals surface area contributed by atoms with Crippen molar-refractivity contribution < 1.29 is 9.15 Å². The number of nitrogens with zero attached hydrogens (tertiary/aromatic N) is 2. The summed E-state index contributed by atoms with van der Waals surface area (Å²) < 4.78 is 11.2. The average molecular weight is 348 g/mol. The summed E-state index contributed by atoms with van der Waals surface area (Å²) in [6, 6.07) is 17.9. The van der Waals surface area contributed by atoms with Crippen LogP contribution in [0.1, 0.15) is 17.3 Å². The molecule has 4 aromatic rings. The van der Waals surface area contributed by atoms with E-state index in [2.05, 4.69) is 44.9 Å². The highest BCUT2D eigenvalue weighted by atomic mass is 16.5. The molecule has 0 atom stereocenters. The van der Waals surface area contributed by atoms with Gasteiger partial charge in [-0.25, -0.2) is 0 Å². The summed E-state index contributed by atoms with van der Waals surface area (Å²) in [6.45, 7) is 1.65. The Morgan fingerprint density at radius 2 is 1.77 bits per heavy atom. The lowest BCUT2D eigenvalue weighted by atomic mass is 10.1. The third-order valence-electron chi connectivity index (χ3n) is 4.14. The smallest absolute Gasteiger partial charge is 0.253 e. The summed E-state index contributed by atoms with van der Waals surface area (Å²) in [5.41, 5.74) is 2.47. The van der Waals surface area contributed by atoms with Crippen LogP contribution in [0.4, 0.5) is 0 Å². The zero-order chi connectivity index (χ0) is 17.6. The predicted molar refractivity (Wildman–Crippen MR) is 98.8 cm³/mol. The SMILES string of the molecule is c1ccc(OCc2nnc(CNCCc3c[nH]c4ccccc34)o2)cc1. The van der Waals surface area contributed by atoms with Gasteiger partial charge in [0, 0.05) is 17.1 Å². The molecule has 0 radical (unpaired) electrons. The van der Waals surface area contributed by atoms with Crippen LogP contribution >= 0.6 is 0 Å². The summed E-state index contributed by atoms with van der Waals surface area (Å²) >= 11 is 0. The second kappa shape index (κ2) is 7.84. The molecule has 0 fully saturated rings.